The van der Waals surface area contributed by atoms with Crippen molar-refractivity contribution in [3.63, 3.8) is 0 Å². The number of thiazole rings is 1. The van der Waals surface area contributed by atoms with Crippen molar-refractivity contribution in [2.75, 3.05) is 0 Å². The second-order valence-corrected chi connectivity index (χ2v) is 4.91. The lowest BCUT2D eigenvalue weighted by molar-refractivity contribution is 0.305. The van der Waals surface area contributed by atoms with Gasteiger partial charge in [-0.25, -0.2) is 4.98 Å². The van der Waals surface area contributed by atoms with Crippen LogP contribution in [-0.4, -0.2) is 4.98 Å². The third-order valence-corrected chi connectivity index (χ3v) is 3.46. The predicted molar refractivity (Wildman–Crippen MR) is 70.2 cm³/mol. The molecule has 0 fully saturated rings. The summed E-state index contributed by atoms with van der Waals surface area (Å²) in [7, 11) is 0. The normalized spacial score (nSPS) is 10.5. The van der Waals surface area contributed by atoms with Gasteiger partial charge in [-0.05, 0) is 24.1 Å². The highest BCUT2D eigenvalue weighted by atomic mass is 32.1. The number of aryl methyl sites for hydroxylation is 1. The maximum absolute atomic E-state index is 5.70. The van der Waals surface area contributed by atoms with Gasteiger partial charge in [0.15, 0.2) is 0 Å². The second kappa shape index (κ2) is 5.80. The van der Waals surface area contributed by atoms with E-state index >= 15 is 0 Å². The Labute approximate surface area is 105 Å². The predicted octanol–water partition coefficient (Wildman–Crippen LogP) is 2.74. The molecule has 2 aromatic rings. The number of hydrogen-bond acceptors (Lipinski definition) is 4. The maximum atomic E-state index is 5.70. The molecule has 0 spiro atoms. The van der Waals surface area contributed by atoms with Crippen LogP contribution in [0.5, 0.6) is 5.75 Å². The van der Waals surface area contributed by atoms with Crippen molar-refractivity contribution in [1.82, 2.24) is 4.98 Å². The highest BCUT2D eigenvalue weighted by Crippen LogP contribution is 2.18. The van der Waals surface area contributed by atoms with Gasteiger partial charge in [0.2, 0.25) is 0 Å². The molecular formula is C13H16N2OS. The minimum Gasteiger partial charge on any atom is -0.486 e. The zero-order chi connectivity index (χ0) is 12.1. The van der Waals surface area contributed by atoms with Gasteiger partial charge in [0.25, 0.3) is 0 Å². The van der Waals surface area contributed by atoms with Crippen molar-refractivity contribution in [2.45, 2.75) is 26.5 Å². The Hall–Kier alpha value is -1.39. The molecule has 0 atom stereocenters. The fourth-order valence-corrected chi connectivity index (χ4v) is 2.22. The van der Waals surface area contributed by atoms with Crippen molar-refractivity contribution < 1.29 is 4.74 Å². The molecule has 0 saturated carbocycles. The standard InChI is InChI=1S/C13H16N2OS/c1-2-10-4-3-5-11(6-10)16-9-13-15-8-12(7-14)17-13/h3-6,8H,2,7,9,14H2,1H3. The van der Waals surface area contributed by atoms with E-state index in [0.717, 1.165) is 22.1 Å². The van der Waals surface area contributed by atoms with Gasteiger partial charge in [0, 0.05) is 17.6 Å². The summed E-state index contributed by atoms with van der Waals surface area (Å²) < 4.78 is 5.70. The summed E-state index contributed by atoms with van der Waals surface area (Å²) in [5.74, 6) is 0.897. The smallest absolute Gasteiger partial charge is 0.140 e. The minimum atomic E-state index is 0.512. The molecule has 0 bridgehead atoms. The van der Waals surface area contributed by atoms with E-state index in [2.05, 4.69) is 24.0 Å². The lowest BCUT2D eigenvalue weighted by Crippen LogP contribution is -1.95. The first-order valence-electron chi connectivity index (χ1n) is 5.67. The molecule has 1 heterocycles. The largest absolute Gasteiger partial charge is 0.486 e. The number of nitrogens with zero attached hydrogens (tertiary/aromatic N) is 1. The molecule has 2 N–H and O–H groups in total. The number of rotatable bonds is 5. The van der Waals surface area contributed by atoms with Crippen LogP contribution in [0.15, 0.2) is 30.5 Å². The number of hydrogen-bond donors (Lipinski definition) is 1. The van der Waals surface area contributed by atoms with E-state index in [1.54, 1.807) is 11.3 Å². The fraction of sp³-hybridized carbons (Fsp3) is 0.308. The molecule has 1 aromatic carbocycles. The number of ether oxygens (including phenoxy) is 1. The quantitative estimate of drug-likeness (QED) is 0.885. The molecule has 0 aliphatic heterocycles. The van der Waals surface area contributed by atoms with E-state index in [9.17, 15) is 0 Å². The monoisotopic (exact) mass is 248 g/mol. The van der Waals surface area contributed by atoms with Crippen LogP contribution < -0.4 is 10.5 Å². The Morgan fingerprint density at radius 2 is 2.29 bits per heavy atom. The number of nitrogens with two attached hydrogens (primary N) is 1. The molecule has 17 heavy (non-hydrogen) atoms. The highest BCUT2D eigenvalue weighted by Gasteiger charge is 2.02. The molecule has 1 aromatic heterocycles. The first-order valence-corrected chi connectivity index (χ1v) is 6.49. The summed E-state index contributed by atoms with van der Waals surface area (Å²) >= 11 is 1.60. The molecule has 2 rings (SSSR count). The number of aromatic nitrogens is 1. The zero-order valence-electron chi connectivity index (χ0n) is 9.85. The van der Waals surface area contributed by atoms with E-state index in [-0.39, 0.29) is 0 Å². The summed E-state index contributed by atoms with van der Waals surface area (Å²) in [6, 6.07) is 8.15. The summed E-state index contributed by atoms with van der Waals surface area (Å²) in [6.07, 6.45) is 2.83. The van der Waals surface area contributed by atoms with Crippen LogP contribution in [0.4, 0.5) is 0 Å². The maximum Gasteiger partial charge on any atom is 0.140 e. The average molecular weight is 248 g/mol. The Morgan fingerprint density at radius 1 is 1.41 bits per heavy atom. The van der Waals surface area contributed by atoms with Gasteiger partial charge >= 0.3 is 0 Å². The Morgan fingerprint density at radius 3 is 3.00 bits per heavy atom. The first-order chi connectivity index (χ1) is 8.31. The van der Waals surface area contributed by atoms with Crippen LogP contribution in [0.3, 0.4) is 0 Å². The van der Waals surface area contributed by atoms with Gasteiger partial charge in [-0.2, -0.15) is 0 Å². The van der Waals surface area contributed by atoms with E-state index < -0.39 is 0 Å². The first kappa shape index (κ1) is 12.1. The molecule has 0 radical (unpaired) electrons. The van der Waals surface area contributed by atoms with E-state index in [1.807, 2.05) is 18.3 Å². The summed E-state index contributed by atoms with van der Waals surface area (Å²) in [5, 5.41) is 0.965. The number of benzene rings is 1. The molecule has 3 nitrogen and oxygen atoms in total. The Bertz CT molecular complexity index is 482. The minimum absolute atomic E-state index is 0.512. The highest BCUT2D eigenvalue weighted by molar-refractivity contribution is 7.11. The van der Waals surface area contributed by atoms with Gasteiger partial charge in [0.1, 0.15) is 17.4 Å². The molecule has 0 aliphatic carbocycles. The van der Waals surface area contributed by atoms with Crippen LogP contribution in [0.1, 0.15) is 22.4 Å². The third kappa shape index (κ3) is 3.28. The SMILES string of the molecule is CCc1cccc(OCc2ncc(CN)s2)c1. The third-order valence-electron chi connectivity index (χ3n) is 2.47. The lowest BCUT2D eigenvalue weighted by Gasteiger charge is -2.05. The van der Waals surface area contributed by atoms with Gasteiger partial charge in [-0.3, -0.25) is 0 Å². The van der Waals surface area contributed by atoms with Crippen LogP contribution in [-0.2, 0) is 19.6 Å². The zero-order valence-corrected chi connectivity index (χ0v) is 10.7. The van der Waals surface area contributed by atoms with Gasteiger partial charge in [0.05, 0.1) is 0 Å². The van der Waals surface area contributed by atoms with Gasteiger partial charge in [-0.15, -0.1) is 11.3 Å². The van der Waals surface area contributed by atoms with E-state index in [0.29, 0.717) is 13.2 Å². The van der Waals surface area contributed by atoms with Crippen molar-refractivity contribution in [3.8, 4) is 5.75 Å². The van der Waals surface area contributed by atoms with Crippen molar-refractivity contribution in [3.05, 3.63) is 45.9 Å². The van der Waals surface area contributed by atoms with E-state index in [1.165, 1.54) is 5.56 Å². The van der Waals surface area contributed by atoms with E-state index in [4.69, 9.17) is 10.5 Å². The van der Waals surface area contributed by atoms with Crippen LogP contribution in [0, 0.1) is 0 Å². The van der Waals surface area contributed by atoms with Gasteiger partial charge < -0.3 is 10.5 Å². The van der Waals surface area contributed by atoms with Gasteiger partial charge in [-0.1, -0.05) is 19.1 Å². The molecule has 0 aliphatic rings. The van der Waals surface area contributed by atoms with Crippen LogP contribution in [0.2, 0.25) is 0 Å². The van der Waals surface area contributed by atoms with Crippen LogP contribution >= 0.6 is 11.3 Å². The summed E-state index contributed by atoms with van der Waals surface area (Å²) in [5.41, 5.74) is 6.82. The molecule has 0 unspecified atom stereocenters. The molecule has 4 heteroatoms. The summed E-state index contributed by atoms with van der Waals surface area (Å²) in [4.78, 5) is 5.35. The molecule has 90 valence electrons. The van der Waals surface area contributed by atoms with Crippen LogP contribution in [0.25, 0.3) is 0 Å². The van der Waals surface area contributed by atoms with Crippen molar-refractivity contribution >= 4 is 11.3 Å². The fourth-order valence-electron chi connectivity index (χ4n) is 1.51. The van der Waals surface area contributed by atoms with Crippen molar-refractivity contribution in [2.24, 2.45) is 5.73 Å². The average Bonchev–Trinajstić information content (AvgIpc) is 2.84. The molecular weight excluding hydrogens is 232 g/mol. The van der Waals surface area contributed by atoms with Crippen molar-refractivity contribution in [1.29, 1.82) is 0 Å². The molecule has 0 saturated heterocycles. The lowest BCUT2D eigenvalue weighted by atomic mass is 10.2. The Balaban J connectivity index is 1.96. The Kier molecular flexibility index (Phi) is 4.12. The molecule has 0 amide bonds. The topological polar surface area (TPSA) is 48.1 Å². The second-order valence-electron chi connectivity index (χ2n) is 3.71. The summed E-state index contributed by atoms with van der Waals surface area (Å²) in [6.45, 7) is 3.19.